The van der Waals surface area contributed by atoms with Crippen molar-refractivity contribution in [3.8, 4) is 5.75 Å². The van der Waals surface area contributed by atoms with E-state index in [0.717, 1.165) is 30.8 Å². The summed E-state index contributed by atoms with van der Waals surface area (Å²) in [5, 5.41) is 15.7. The molecule has 1 saturated heterocycles. The van der Waals surface area contributed by atoms with Gasteiger partial charge in [-0.25, -0.2) is 0 Å². The SMILES string of the molecule is Cc1cccc(OCC(O)CNC(=O)C2CCNC2)c1.Cl. The molecule has 21 heavy (non-hydrogen) atoms. The van der Waals surface area contributed by atoms with Gasteiger partial charge in [0.25, 0.3) is 0 Å². The number of benzene rings is 1. The Balaban J connectivity index is 0.00000220. The average Bonchev–Trinajstić information content (AvgIpc) is 2.97. The lowest BCUT2D eigenvalue weighted by atomic mass is 10.1. The summed E-state index contributed by atoms with van der Waals surface area (Å²) in [5.74, 6) is 0.764. The number of halogens is 1. The molecular formula is C15H23ClN2O3. The van der Waals surface area contributed by atoms with E-state index in [1.807, 2.05) is 31.2 Å². The fourth-order valence-electron chi connectivity index (χ4n) is 2.20. The van der Waals surface area contributed by atoms with Crippen LogP contribution in [0.4, 0.5) is 0 Å². The molecule has 0 bridgehead atoms. The zero-order chi connectivity index (χ0) is 14.4. The molecule has 1 aromatic carbocycles. The smallest absolute Gasteiger partial charge is 0.224 e. The number of aryl methyl sites for hydroxylation is 1. The Kier molecular flexibility index (Phi) is 7.50. The first kappa shape index (κ1) is 17.8. The minimum absolute atomic E-state index is 0. The van der Waals surface area contributed by atoms with E-state index in [1.165, 1.54) is 0 Å². The number of carbonyl (C=O) groups is 1. The number of aliphatic hydroxyl groups excluding tert-OH is 1. The maximum Gasteiger partial charge on any atom is 0.224 e. The molecule has 2 atom stereocenters. The van der Waals surface area contributed by atoms with E-state index in [2.05, 4.69) is 10.6 Å². The second kappa shape index (κ2) is 8.87. The third-order valence-corrected chi connectivity index (χ3v) is 3.37. The zero-order valence-electron chi connectivity index (χ0n) is 12.2. The number of rotatable bonds is 6. The Labute approximate surface area is 131 Å². The fraction of sp³-hybridized carbons (Fsp3) is 0.533. The van der Waals surface area contributed by atoms with Crippen LogP contribution in [0.2, 0.25) is 0 Å². The number of ether oxygens (including phenoxy) is 1. The Morgan fingerprint density at radius 1 is 1.57 bits per heavy atom. The van der Waals surface area contributed by atoms with Crippen LogP contribution in [0.25, 0.3) is 0 Å². The molecule has 0 radical (unpaired) electrons. The van der Waals surface area contributed by atoms with Gasteiger partial charge in [-0.05, 0) is 37.6 Å². The largest absolute Gasteiger partial charge is 0.491 e. The van der Waals surface area contributed by atoms with Gasteiger partial charge in [0.15, 0.2) is 0 Å². The molecule has 1 fully saturated rings. The summed E-state index contributed by atoms with van der Waals surface area (Å²) in [7, 11) is 0. The molecule has 6 heteroatoms. The van der Waals surface area contributed by atoms with Crippen molar-refractivity contribution in [3.05, 3.63) is 29.8 Å². The molecule has 0 spiro atoms. The van der Waals surface area contributed by atoms with Crippen molar-refractivity contribution in [1.29, 1.82) is 0 Å². The van der Waals surface area contributed by atoms with Gasteiger partial charge in [0.2, 0.25) is 5.91 Å². The van der Waals surface area contributed by atoms with Gasteiger partial charge in [-0.2, -0.15) is 0 Å². The normalized spacial score (nSPS) is 18.7. The molecule has 2 unspecified atom stereocenters. The molecule has 1 heterocycles. The average molecular weight is 315 g/mol. The van der Waals surface area contributed by atoms with E-state index < -0.39 is 6.10 Å². The molecule has 1 aromatic rings. The maximum absolute atomic E-state index is 11.8. The number of hydrogen-bond donors (Lipinski definition) is 3. The number of amides is 1. The van der Waals surface area contributed by atoms with Crippen LogP contribution >= 0.6 is 12.4 Å². The summed E-state index contributed by atoms with van der Waals surface area (Å²) >= 11 is 0. The van der Waals surface area contributed by atoms with E-state index in [1.54, 1.807) is 0 Å². The van der Waals surface area contributed by atoms with Crippen LogP contribution in [0.3, 0.4) is 0 Å². The first-order valence-corrected chi connectivity index (χ1v) is 7.01. The standard InChI is InChI=1S/C15H22N2O3.ClH/c1-11-3-2-4-14(7-11)20-10-13(18)9-17-15(19)12-5-6-16-8-12;/h2-4,7,12-13,16,18H,5-6,8-10H2,1H3,(H,17,19);1H. The summed E-state index contributed by atoms with van der Waals surface area (Å²) in [5.41, 5.74) is 1.11. The summed E-state index contributed by atoms with van der Waals surface area (Å²) in [6.07, 6.45) is 0.163. The molecule has 118 valence electrons. The summed E-state index contributed by atoms with van der Waals surface area (Å²) in [4.78, 5) is 11.8. The number of carbonyl (C=O) groups excluding carboxylic acids is 1. The predicted octanol–water partition coefficient (Wildman–Crippen LogP) is 0.882. The Bertz CT molecular complexity index is 450. The van der Waals surface area contributed by atoms with Gasteiger partial charge in [0, 0.05) is 13.1 Å². The molecule has 0 aromatic heterocycles. The van der Waals surface area contributed by atoms with E-state index in [-0.39, 0.29) is 37.4 Å². The minimum atomic E-state index is -0.700. The molecular weight excluding hydrogens is 292 g/mol. The first-order chi connectivity index (χ1) is 9.65. The minimum Gasteiger partial charge on any atom is -0.491 e. The van der Waals surface area contributed by atoms with Crippen molar-refractivity contribution in [1.82, 2.24) is 10.6 Å². The highest BCUT2D eigenvalue weighted by molar-refractivity contribution is 5.85. The predicted molar refractivity (Wildman–Crippen MR) is 83.9 cm³/mol. The first-order valence-electron chi connectivity index (χ1n) is 7.01. The molecule has 2 rings (SSSR count). The number of hydrogen-bond acceptors (Lipinski definition) is 4. The topological polar surface area (TPSA) is 70.6 Å². The lowest BCUT2D eigenvalue weighted by molar-refractivity contribution is -0.124. The third-order valence-electron chi connectivity index (χ3n) is 3.37. The molecule has 1 aliphatic heterocycles. The summed E-state index contributed by atoms with van der Waals surface area (Å²) < 4.78 is 5.49. The van der Waals surface area contributed by atoms with Crippen LogP contribution in [-0.4, -0.2) is 43.4 Å². The van der Waals surface area contributed by atoms with Gasteiger partial charge in [-0.3, -0.25) is 4.79 Å². The van der Waals surface area contributed by atoms with Gasteiger partial charge in [0.05, 0.1) is 5.92 Å². The summed E-state index contributed by atoms with van der Waals surface area (Å²) in [6, 6.07) is 7.66. The number of nitrogens with one attached hydrogen (secondary N) is 2. The lowest BCUT2D eigenvalue weighted by Gasteiger charge is -2.15. The van der Waals surface area contributed by atoms with Gasteiger partial charge in [0.1, 0.15) is 18.5 Å². The van der Waals surface area contributed by atoms with E-state index in [0.29, 0.717) is 0 Å². The van der Waals surface area contributed by atoms with Crippen molar-refractivity contribution < 1.29 is 14.6 Å². The monoisotopic (exact) mass is 314 g/mol. The molecule has 0 aliphatic carbocycles. The van der Waals surface area contributed by atoms with E-state index in [9.17, 15) is 9.90 Å². The zero-order valence-corrected chi connectivity index (χ0v) is 13.0. The van der Waals surface area contributed by atoms with Crippen LogP contribution in [-0.2, 0) is 4.79 Å². The highest BCUT2D eigenvalue weighted by atomic mass is 35.5. The Hall–Kier alpha value is -1.30. The summed E-state index contributed by atoms with van der Waals surface area (Å²) in [6.45, 7) is 3.99. The van der Waals surface area contributed by atoms with Crippen molar-refractivity contribution >= 4 is 18.3 Å². The van der Waals surface area contributed by atoms with Crippen molar-refractivity contribution in [2.45, 2.75) is 19.4 Å². The second-order valence-electron chi connectivity index (χ2n) is 5.22. The maximum atomic E-state index is 11.8. The number of aliphatic hydroxyl groups is 1. The highest BCUT2D eigenvalue weighted by Gasteiger charge is 2.22. The Morgan fingerprint density at radius 2 is 2.38 bits per heavy atom. The van der Waals surface area contributed by atoms with Crippen LogP contribution in [0, 0.1) is 12.8 Å². The molecule has 1 aliphatic rings. The molecule has 3 N–H and O–H groups in total. The van der Waals surface area contributed by atoms with Crippen molar-refractivity contribution in [2.24, 2.45) is 5.92 Å². The van der Waals surface area contributed by atoms with Crippen LogP contribution in [0.15, 0.2) is 24.3 Å². The van der Waals surface area contributed by atoms with Gasteiger partial charge in [-0.15, -0.1) is 12.4 Å². The van der Waals surface area contributed by atoms with Crippen LogP contribution in [0.1, 0.15) is 12.0 Å². The highest BCUT2D eigenvalue weighted by Crippen LogP contribution is 2.12. The molecule has 5 nitrogen and oxygen atoms in total. The molecule has 1 amide bonds. The Morgan fingerprint density at radius 3 is 3.05 bits per heavy atom. The van der Waals surface area contributed by atoms with Crippen LogP contribution < -0.4 is 15.4 Å². The van der Waals surface area contributed by atoms with Gasteiger partial charge < -0.3 is 20.5 Å². The molecule has 0 saturated carbocycles. The van der Waals surface area contributed by atoms with Gasteiger partial charge >= 0.3 is 0 Å². The van der Waals surface area contributed by atoms with E-state index in [4.69, 9.17) is 4.74 Å². The van der Waals surface area contributed by atoms with Crippen molar-refractivity contribution in [3.63, 3.8) is 0 Å². The fourth-order valence-corrected chi connectivity index (χ4v) is 2.20. The van der Waals surface area contributed by atoms with Crippen LogP contribution in [0.5, 0.6) is 5.75 Å². The van der Waals surface area contributed by atoms with E-state index >= 15 is 0 Å². The van der Waals surface area contributed by atoms with Gasteiger partial charge in [-0.1, -0.05) is 12.1 Å². The quantitative estimate of drug-likeness (QED) is 0.729. The second-order valence-corrected chi connectivity index (χ2v) is 5.22. The third kappa shape index (κ3) is 5.91. The lowest BCUT2D eigenvalue weighted by Crippen LogP contribution is -2.39. The van der Waals surface area contributed by atoms with Crippen molar-refractivity contribution in [2.75, 3.05) is 26.2 Å².